The Hall–Kier alpha value is 1.52. The van der Waals surface area contributed by atoms with Crippen molar-refractivity contribution in [3.8, 4) is 0 Å². The molecule has 0 aliphatic heterocycles. The number of hydrogen-bond acceptors (Lipinski definition) is 0. The largest absolute Gasteiger partial charge is 0.0852 e. The van der Waals surface area contributed by atoms with E-state index in [2.05, 4.69) is 7.44 Å². The summed E-state index contributed by atoms with van der Waals surface area (Å²) < 4.78 is 0. The molecule has 0 N–H and O–H groups in total. The van der Waals surface area contributed by atoms with Crippen molar-refractivity contribution in [3.63, 3.8) is 0 Å². The summed E-state index contributed by atoms with van der Waals surface area (Å²) in [4.78, 5) is 0. The first kappa shape index (κ1) is 17.8. The van der Waals surface area contributed by atoms with Crippen LogP contribution in [0, 0.1) is 0 Å². The van der Waals surface area contributed by atoms with Crippen LogP contribution in [0.5, 0.6) is 0 Å². The van der Waals surface area contributed by atoms with Gasteiger partial charge in [0.25, 0.3) is 0 Å². The maximum absolute atomic E-state index is 2.14. The minimum Gasteiger partial charge on any atom is -0.0304 e. The van der Waals surface area contributed by atoms with Crippen LogP contribution < -0.4 is 0 Å². The van der Waals surface area contributed by atoms with E-state index in [1.807, 2.05) is 0 Å². The normalized spacial score (nSPS) is 2.00. The van der Waals surface area contributed by atoms with Crippen LogP contribution in [-0.2, 0) is 38.8 Å². The van der Waals surface area contributed by atoms with E-state index in [1.54, 1.807) is 0 Å². The third-order valence-corrected chi connectivity index (χ3v) is 0. The standard InChI is InChI=1S/BH5Si.Fe.Ti/c1-2;;/h1H2,2H3;;. The van der Waals surface area contributed by atoms with Crippen LogP contribution in [-0.4, -0.2) is 17.6 Å². The van der Waals surface area contributed by atoms with E-state index in [9.17, 15) is 0 Å². The molecule has 24 valence electrons. The third kappa shape index (κ3) is 9.69. The molecule has 4 heavy (non-hydrogen) atoms. The van der Waals surface area contributed by atoms with Gasteiger partial charge in [-0.2, -0.15) is 0 Å². The van der Waals surface area contributed by atoms with Gasteiger partial charge in [0.1, 0.15) is 0 Å². The topological polar surface area (TPSA) is 0 Å². The van der Waals surface area contributed by atoms with Crippen molar-refractivity contribution in [1.29, 1.82) is 0 Å². The van der Waals surface area contributed by atoms with E-state index in [4.69, 9.17) is 0 Å². The molecule has 0 heterocycles. The zero-order valence-corrected chi connectivity index (χ0v) is 7.52. The number of rotatable bonds is 0. The van der Waals surface area contributed by atoms with Crippen molar-refractivity contribution >= 4 is 17.6 Å². The summed E-state index contributed by atoms with van der Waals surface area (Å²) in [5.41, 5.74) is 0. The SMILES string of the molecule is B[SiH3].[Fe].[Ti]. The molecule has 0 amide bonds. The Kier molecular flexibility index (Phi) is 108. The monoisotopic (exact) mass is 148 g/mol. The van der Waals surface area contributed by atoms with Gasteiger partial charge in [0.2, 0.25) is 0 Å². The average molecular weight is 148 g/mol. The van der Waals surface area contributed by atoms with E-state index in [0.717, 1.165) is 0 Å². The van der Waals surface area contributed by atoms with Gasteiger partial charge in [-0.25, -0.2) is 0 Å². The first-order chi connectivity index (χ1) is 1.00. The van der Waals surface area contributed by atoms with E-state index in [-0.39, 0.29) is 38.8 Å². The Morgan fingerprint density at radius 2 is 1.25 bits per heavy atom. The van der Waals surface area contributed by atoms with Crippen LogP contribution in [0.3, 0.4) is 0 Å². The van der Waals surface area contributed by atoms with E-state index >= 15 is 0 Å². The Labute approximate surface area is 56.2 Å². The zero-order chi connectivity index (χ0) is 2.00. The second-order valence-electron chi connectivity index (χ2n) is 0. The van der Waals surface area contributed by atoms with Crippen LogP contribution >= 0.6 is 0 Å². The summed E-state index contributed by atoms with van der Waals surface area (Å²) >= 11 is 0. The minimum atomic E-state index is 0. The minimum absolute atomic E-state index is 0. The van der Waals surface area contributed by atoms with Crippen molar-refractivity contribution in [3.05, 3.63) is 0 Å². The van der Waals surface area contributed by atoms with Gasteiger partial charge < -0.3 is 0 Å². The fourth-order valence-corrected chi connectivity index (χ4v) is 0. The maximum atomic E-state index is 2.14. The summed E-state index contributed by atoms with van der Waals surface area (Å²) in [5, 5.41) is 0. The Morgan fingerprint density at radius 1 is 1.25 bits per heavy atom. The molecular weight excluding hydrogens is 143 g/mol. The maximum Gasteiger partial charge on any atom is 0.0852 e. The van der Waals surface area contributed by atoms with E-state index < -0.39 is 0 Å². The molecule has 0 rings (SSSR count). The van der Waals surface area contributed by atoms with Crippen molar-refractivity contribution < 1.29 is 38.8 Å². The molecular formula is H5BFeSiTi. The zero-order valence-electron chi connectivity index (χ0n) is 2.85. The Bertz CT molecular complexity index is 8.00. The molecule has 0 aliphatic carbocycles. The van der Waals surface area contributed by atoms with Crippen molar-refractivity contribution in [2.24, 2.45) is 0 Å². The molecule has 0 aromatic rings. The van der Waals surface area contributed by atoms with E-state index in [0.29, 0.717) is 0 Å². The molecule has 0 nitrogen and oxygen atoms in total. The first-order valence-electron chi connectivity index (χ1n) is 1.00. The fraction of sp³-hybridized carbons (Fsp3) is 0. The third-order valence-electron chi connectivity index (χ3n) is 0. The van der Waals surface area contributed by atoms with Gasteiger partial charge in [-0.1, -0.05) is 0 Å². The molecule has 0 atom stereocenters. The molecule has 0 bridgehead atoms. The molecule has 0 spiro atoms. The second-order valence-corrected chi connectivity index (χ2v) is 0. The summed E-state index contributed by atoms with van der Waals surface area (Å²) in [5.74, 6) is 0. The van der Waals surface area contributed by atoms with Gasteiger partial charge in [-0.05, 0) is 10.1 Å². The van der Waals surface area contributed by atoms with Gasteiger partial charge in [0.05, 0.1) is 7.44 Å². The molecule has 0 unspecified atom stereocenters. The van der Waals surface area contributed by atoms with Crippen LogP contribution in [0.15, 0.2) is 0 Å². The Balaban J connectivity index is -0.00000000500. The summed E-state index contributed by atoms with van der Waals surface area (Å²) in [6, 6.07) is 0. The first-order valence-corrected chi connectivity index (χ1v) is 3.00. The summed E-state index contributed by atoms with van der Waals surface area (Å²) in [6.45, 7) is 0. The van der Waals surface area contributed by atoms with Crippen LogP contribution in [0.2, 0.25) is 0 Å². The van der Waals surface area contributed by atoms with Crippen molar-refractivity contribution in [2.75, 3.05) is 0 Å². The van der Waals surface area contributed by atoms with Crippen molar-refractivity contribution in [1.82, 2.24) is 0 Å². The quantitative estimate of drug-likeness (QED) is 0.345. The molecule has 0 aliphatic rings. The second kappa shape index (κ2) is 24.3. The average Bonchev–Trinajstić information content (AvgIpc) is 1.00. The molecule has 0 radical (unpaired) electrons. The van der Waals surface area contributed by atoms with Gasteiger partial charge in [0, 0.05) is 38.8 Å². The molecule has 0 saturated carbocycles. The van der Waals surface area contributed by atoms with Gasteiger partial charge >= 0.3 is 0 Å². The Morgan fingerprint density at radius 3 is 1.25 bits per heavy atom. The van der Waals surface area contributed by atoms with E-state index in [1.165, 1.54) is 10.1 Å². The van der Waals surface area contributed by atoms with Gasteiger partial charge in [0.15, 0.2) is 0 Å². The number of hydrogen-bond donors (Lipinski definition) is 0. The summed E-state index contributed by atoms with van der Waals surface area (Å²) in [7, 11) is 3.44. The molecule has 0 fully saturated rings. The smallest absolute Gasteiger partial charge is 0.0304 e. The molecule has 0 saturated heterocycles. The predicted octanol–water partition coefficient (Wildman–Crippen LogP) is -2.11. The van der Waals surface area contributed by atoms with Crippen LogP contribution in [0.1, 0.15) is 0 Å². The summed E-state index contributed by atoms with van der Waals surface area (Å²) in [6.07, 6.45) is 0. The van der Waals surface area contributed by atoms with Crippen LogP contribution in [0.25, 0.3) is 0 Å². The molecule has 0 aromatic heterocycles. The van der Waals surface area contributed by atoms with Gasteiger partial charge in [-0.15, -0.1) is 0 Å². The van der Waals surface area contributed by atoms with Gasteiger partial charge in [-0.3, -0.25) is 0 Å². The van der Waals surface area contributed by atoms with Crippen molar-refractivity contribution in [2.45, 2.75) is 0 Å². The molecule has 4 heteroatoms. The van der Waals surface area contributed by atoms with Crippen LogP contribution in [0.4, 0.5) is 0 Å². The molecule has 0 aromatic carbocycles. The fourth-order valence-electron chi connectivity index (χ4n) is 0. The predicted molar refractivity (Wildman–Crippen MR) is 18.5 cm³/mol.